The van der Waals surface area contributed by atoms with Crippen LogP contribution in [0.3, 0.4) is 0 Å². The fourth-order valence-corrected chi connectivity index (χ4v) is 3.16. The minimum Gasteiger partial charge on any atom is -0.370 e. The van der Waals surface area contributed by atoms with Gasteiger partial charge in [0.25, 0.3) is 0 Å². The number of pyridine rings is 1. The third-order valence-electron chi connectivity index (χ3n) is 4.19. The van der Waals surface area contributed by atoms with Crippen LogP contribution in [-0.4, -0.2) is 30.7 Å². The number of nitrogens with zero attached hydrogens (tertiary/aromatic N) is 1. The highest BCUT2D eigenvalue weighted by molar-refractivity contribution is 5.16. The Balaban J connectivity index is 1.93. The van der Waals surface area contributed by atoms with Crippen molar-refractivity contribution in [2.75, 3.05) is 19.7 Å². The van der Waals surface area contributed by atoms with Gasteiger partial charge in [0, 0.05) is 17.7 Å². The van der Waals surface area contributed by atoms with Gasteiger partial charge in [-0.2, -0.15) is 0 Å². The maximum atomic E-state index is 6.29. The van der Waals surface area contributed by atoms with Crippen LogP contribution in [0.2, 0.25) is 0 Å². The lowest BCUT2D eigenvalue weighted by molar-refractivity contribution is 0.0258. The minimum absolute atomic E-state index is 0.0702. The molecule has 4 heteroatoms. The molecule has 2 aliphatic rings. The molecule has 0 aliphatic carbocycles. The molecule has 0 aromatic carbocycles. The Hall–Kier alpha value is -0.970. The first-order valence-corrected chi connectivity index (χ1v) is 6.32. The van der Waals surface area contributed by atoms with Crippen LogP contribution < -0.4 is 11.1 Å². The van der Waals surface area contributed by atoms with E-state index in [0.29, 0.717) is 6.61 Å². The topological polar surface area (TPSA) is 60.2 Å². The van der Waals surface area contributed by atoms with E-state index >= 15 is 0 Å². The van der Waals surface area contributed by atoms with Crippen molar-refractivity contribution in [1.82, 2.24) is 10.3 Å². The van der Waals surface area contributed by atoms with E-state index in [0.717, 1.165) is 31.6 Å². The van der Waals surface area contributed by atoms with Gasteiger partial charge in [-0.15, -0.1) is 0 Å². The second-order valence-corrected chi connectivity index (χ2v) is 5.06. The molecular weight excluding hydrogens is 214 g/mol. The Morgan fingerprint density at radius 3 is 2.88 bits per heavy atom. The average molecular weight is 233 g/mol. The Morgan fingerprint density at radius 1 is 1.35 bits per heavy atom. The van der Waals surface area contributed by atoms with Crippen molar-refractivity contribution in [1.29, 1.82) is 0 Å². The Labute approximate surface area is 102 Å². The molecule has 0 radical (unpaired) electrons. The molecule has 2 atom stereocenters. The van der Waals surface area contributed by atoms with Gasteiger partial charge in [0.05, 0.1) is 12.3 Å². The number of aromatic nitrogens is 1. The molecule has 3 heterocycles. The van der Waals surface area contributed by atoms with Gasteiger partial charge < -0.3 is 15.8 Å². The van der Waals surface area contributed by atoms with Crippen LogP contribution >= 0.6 is 0 Å². The lowest BCUT2D eigenvalue weighted by atomic mass is 9.70. The molecule has 2 fully saturated rings. The zero-order valence-corrected chi connectivity index (χ0v) is 9.93. The molecule has 92 valence electrons. The SMILES string of the molecule is NC1COC(c2ccccn2)C12CCNCC2. The summed E-state index contributed by atoms with van der Waals surface area (Å²) in [5.74, 6) is 0. The Bertz CT molecular complexity index is 376. The molecule has 0 amide bonds. The van der Waals surface area contributed by atoms with E-state index in [9.17, 15) is 0 Å². The molecule has 2 saturated heterocycles. The molecule has 2 aliphatic heterocycles. The van der Waals surface area contributed by atoms with Crippen LogP contribution in [-0.2, 0) is 4.74 Å². The van der Waals surface area contributed by atoms with Crippen LogP contribution in [0.25, 0.3) is 0 Å². The normalized spacial score (nSPS) is 31.8. The van der Waals surface area contributed by atoms with Crippen molar-refractivity contribution in [3.05, 3.63) is 30.1 Å². The summed E-state index contributed by atoms with van der Waals surface area (Å²) in [5.41, 5.74) is 7.40. The molecule has 1 spiro atoms. The van der Waals surface area contributed by atoms with Crippen LogP contribution in [0.5, 0.6) is 0 Å². The van der Waals surface area contributed by atoms with E-state index in [1.165, 1.54) is 0 Å². The van der Waals surface area contributed by atoms with Gasteiger partial charge >= 0.3 is 0 Å². The van der Waals surface area contributed by atoms with E-state index in [4.69, 9.17) is 10.5 Å². The van der Waals surface area contributed by atoms with E-state index in [2.05, 4.69) is 10.3 Å². The van der Waals surface area contributed by atoms with Gasteiger partial charge in [0.2, 0.25) is 0 Å². The molecule has 0 saturated carbocycles. The Morgan fingerprint density at radius 2 is 2.18 bits per heavy atom. The van der Waals surface area contributed by atoms with Crippen molar-refractivity contribution >= 4 is 0 Å². The van der Waals surface area contributed by atoms with Gasteiger partial charge in [-0.05, 0) is 38.1 Å². The lowest BCUT2D eigenvalue weighted by Gasteiger charge is -2.40. The highest BCUT2D eigenvalue weighted by Gasteiger charge is 2.51. The molecular formula is C13H19N3O. The van der Waals surface area contributed by atoms with E-state index < -0.39 is 0 Å². The quantitative estimate of drug-likeness (QED) is 0.755. The minimum atomic E-state index is 0.0702. The number of nitrogens with one attached hydrogen (secondary N) is 1. The van der Waals surface area contributed by atoms with E-state index in [1.807, 2.05) is 24.4 Å². The van der Waals surface area contributed by atoms with Crippen molar-refractivity contribution < 1.29 is 4.74 Å². The van der Waals surface area contributed by atoms with Gasteiger partial charge in [-0.1, -0.05) is 6.07 Å². The van der Waals surface area contributed by atoms with Gasteiger partial charge in [0.15, 0.2) is 0 Å². The van der Waals surface area contributed by atoms with Crippen molar-refractivity contribution in [3.8, 4) is 0 Å². The molecule has 0 bridgehead atoms. The predicted molar refractivity (Wildman–Crippen MR) is 65.4 cm³/mol. The van der Waals surface area contributed by atoms with Crippen molar-refractivity contribution in [3.63, 3.8) is 0 Å². The van der Waals surface area contributed by atoms with Crippen LogP contribution in [0.4, 0.5) is 0 Å². The third-order valence-corrected chi connectivity index (χ3v) is 4.19. The predicted octanol–water partition coefficient (Wildman–Crippen LogP) is 0.850. The maximum absolute atomic E-state index is 6.29. The van der Waals surface area contributed by atoms with Crippen molar-refractivity contribution in [2.24, 2.45) is 11.1 Å². The standard InChI is InChI=1S/C13H19N3O/c14-11-9-17-12(10-3-1-2-6-16-10)13(11)4-7-15-8-5-13/h1-3,6,11-12,15H,4-5,7-9,14H2. The summed E-state index contributed by atoms with van der Waals surface area (Å²) < 4.78 is 5.93. The van der Waals surface area contributed by atoms with Crippen molar-refractivity contribution in [2.45, 2.75) is 25.0 Å². The second kappa shape index (κ2) is 4.37. The highest BCUT2D eigenvalue weighted by atomic mass is 16.5. The smallest absolute Gasteiger partial charge is 0.107 e. The number of ether oxygens (including phenoxy) is 1. The molecule has 4 nitrogen and oxygen atoms in total. The van der Waals surface area contributed by atoms with E-state index in [1.54, 1.807) is 0 Å². The largest absolute Gasteiger partial charge is 0.370 e. The first-order chi connectivity index (χ1) is 8.33. The zero-order valence-electron chi connectivity index (χ0n) is 9.93. The first-order valence-electron chi connectivity index (χ1n) is 6.32. The van der Waals surface area contributed by atoms with E-state index in [-0.39, 0.29) is 17.6 Å². The number of hydrogen-bond donors (Lipinski definition) is 2. The maximum Gasteiger partial charge on any atom is 0.107 e. The monoisotopic (exact) mass is 233 g/mol. The summed E-state index contributed by atoms with van der Waals surface area (Å²) >= 11 is 0. The fraction of sp³-hybridized carbons (Fsp3) is 0.615. The third kappa shape index (κ3) is 1.76. The molecule has 3 rings (SSSR count). The summed E-state index contributed by atoms with van der Waals surface area (Å²) in [6.07, 6.45) is 4.06. The molecule has 2 unspecified atom stereocenters. The molecule has 17 heavy (non-hydrogen) atoms. The molecule has 3 N–H and O–H groups in total. The molecule has 1 aromatic heterocycles. The van der Waals surface area contributed by atoms with Crippen LogP contribution in [0, 0.1) is 5.41 Å². The average Bonchev–Trinajstić information content (AvgIpc) is 2.69. The summed E-state index contributed by atoms with van der Waals surface area (Å²) in [4.78, 5) is 4.44. The van der Waals surface area contributed by atoms with Crippen LogP contribution in [0.15, 0.2) is 24.4 Å². The summed E-state index contributed by atoms with van der Waals surface area (Å²) in [5, 5.41) is 3.40. The number of nitrogens with two attached hydrogens (primary N) is 1. The second-order valence-electron chi connectivity index (χ2n) is 5.06. The zero-order chi connectivity index (χ0) is 11.7. The summed E-state index contributed by atoms with van der Waals surface area (Å²) in [6, 6.07) is 6.14. The number of piperidine rings is 1. The number of hydrogen-bond acceptors (Lipinski definition) is 4. The van der Waals surface area contributed by atoms with Gasteiger partial charge in [0.1, 0.15) is 6.10 Å². The highest BCUT2D eigenvalue weighted by Crippen LogP contribution is 2.49. The van der Waals surface area contributed by atoms with Gasteiger partial charge in [-0.3, -0.25) is 4.98 Å². The summed E-state index contributed by atoms with van der Waals surface area (Å²) in [7, 11) is 0. The lowest BCUT2D eigenvalue weighted by Crippen LogP contribution is -2.48. The first kappa shape index (κ1) is 11.1. The fourth-order valence-electron chi connectivity index (χ4n) is 3.16. The summed E-state index contributed by atoms with van der Waals surface area (Å²) in [6.45, 7) is 2.71. The Kier molecular flexibility index (Phi) is 2.86. The molecule has 1 aromatic rings. The van der Waals surface area contributed by atoms with Crippen LogP contribution in [0.1, 0.15) is 24.6 Å². The number of rotatable bonds is 1. The van der Waals surface area contributed by atoms with Gasteiger partial charge in [-0.25, -0.2) is 0 Å².